The van der Waals surface area contributed by atoms with Crippen LogP contribution in [-0.4, -0.2) is 38.9 Å². The smallest absolute Gasteiger partial charge is 0.243 e. The van der Waals surface area contributed by atoms with E-state index >= 15 is 0 Å². The van der Waals surface area contributed by atoms with Gasteiger partial charge in [0.2, 0.25) is 17.6 Å². The van der Waals surface area contributed by atoms with Crippen molar-refractivity contribution in [2.24, 2.45) is 0 Å². The van der Waals surface area contributed by atoms with Crippen LogP contribution in [0.1, 0.15) is 5.56 Å². The van der Waals surface area contributed by atoms with Crippen molar-refractivity contribution in [1.29, 1.82) is 0 Å². The summed E-state index contributed by atoms with van der Waals surface area (Å²) in [6, 6.07) is 18.8. The van der Waals surface area contributed by atoms with Crippen LogP contribution in [0.3, 0.4) is 0 Å². The highest BCUT2D eigenvalue weighted by atomic mass is 32.2. The Kier molecular flexibility index (Phi) is 7.16. The number of nitrogens with one attached hydrogen (secondary N) is 2. The van der Waals surface area contributed by atoms with Crippen LogP contribution in [0.25, 0.3) is 11.6 Å². The maximum atomic E-state index is 12.9. The summed E-state index contributed by atoms with van der Waals surface area (Å²) < 4.78 is 20.3. The first-order valence-corrected chi connectivity index (χ1v) is 11.0. The maximum Gasteiger partial charge on any atom is 0.243 e. The van der Waals surface area contributed by atoms with Crippen LogP contribution >= 0.6 is 11.8 Å². The fraction of sp³-hybridized carbons (Fsp3) is 0.130. The molecule has 4 aromatic rings. The minimum atomic E-state index is -0.410. The number of hydrogen-bond acceptors (Lipinski definition) is 6. The summed E-state index contributed by atoms with van der Waals surface area (Å²) in [5.41, 5.74) is 1.50. The van der Waals surface area contributed by atoms with Crippen LogP contribution in [0.4, 0.5) is 10.1 Å². The number of hydrogen-bond donors (Lipinski definition) is 2. The van der Waals surface area contributed by atoms with E-state index in [2.05, 4.69) is 20.8 Å². The Bertz CT molecular complexity index is 1210. The summed E-state index contributed by atoms with van der Waals surface area (Å²) in [6.45, 7) is 0.305. The molecule has 0 radical (unpaired) electrons. The van der Waals surface area contributed by atoms with Crippen LogP contribution in [0.2, 0.25) is 0 Å². The monoisotopic (exact) mass is 465 g/mol. The zero-order valence-corrected chi connectivity index (χ0v) is 18.2. The Balaban J connectivity index is 1.35. The molecule has 0 aliphatic heterocycles. The van der Waals surface area contributed by atoms with E-state index in [1.807, 2.05) is 34.9 Å². The van der Waals surface area contributed by atoms with E-state index in [4.69, 9.17) is 4.42 Å². The van der Waals surface area contributed by atoms with Gasteiger partial charge >= 0.3 is 0 Å². The number of benzene rings is 2. The molecule has 168 valence electrons. The molecule has 8 nitrogen and oxygen atoms in total. The standard InChI is InChI=1S/C23H20FN5O3S/c24-17-8-10-18(11-9-17)26-20(30)13-25-21(31)15-33-23-28-27-22(19-7-4-12-32-19)29(23)14-16-5-2-1-3-6-16/h1-12H,13-15H2,(H,25,31)(H,26,30). The lowest BCUT2D eigenvalue weighted by atomic mass is 10.2. The molecule has 0 spiro atoms. The molecule has 0 fully saturated rings. The highest BCUT2D eigenvalue weighted by Crippen LogP contribution is 2.25. The predicted octanol–water partition coefficient (Wildman–Crippen LogP) is 3.57. The second kappa shape index (κ2) is 10.6. The second-order valence-corrected chi connectivity index (χ2v) is 7.92. The Morgan fingerprint density at radius 3 is 2.48 bits per heavy atom. The molecule has 2 aromatic heterocycles. The van der Waals surface area contributed by atoms with Gasteiger partial charge in [-0.2, -0.15) is 0 Å². The quantitative estimate of drug-likeness (QED) is 0.367. The maximum absolute atomic E-state index is 12.9. The minimum Gasteiger partial charge on any atom is -0.461 e. The lowest BCUT2D eigenvalue weighted by molar-refractivity contribution is -0.122. The normalized spacial score (nSPS) is 10.7. The van der Waals surface area contributed by atoms with E-state index in [-0.39, 0.29) is 18.2 Å². The van der Waals surface area contributed by atoms with Gasteiger partial charge in [0.1, 0.15) is 5.82 Å². The number of halogens is 1. The highest BCUT2D eigenvalue weighted by molar-refractivity contribution is 7.99. The molecule has 2 N–H and O–H groups in total. The Hall–Kier alpha value is -3.92. The Labute approximate surface area is 193 Å². The van der Waals surface area contributed by atoms with Gasteiger partial charge in [-0.25, -0.2) is 4.39 Å². The average molecular weight is 466 g/mol. The fourth-order valence-corrected chi connectivity index (χ4v) is 3.76. The fourth-order valence-electron chi connectivity index (χ4n) is 2.99. The third-order valence-corrected chi connectivity index (χ3v) is 5.52. The Morgan fingerprint density at radius 1 is 0.970 bits per heavy atom. The van der Waals surface area contributed by atoms with Crippen molar-refractivity contribution in [3.05, 3.63) is 84.4 Å². The molecule has 2 aromatic carbocycles. The number of thioether (sulfide) groups is 1. The van der Waals surface area contributed by atoms with E-state index in [9.17, 15) is 14.0 Å². The van der Waals surface area contributed by atoms with Crippen LogP contribution in [0, 0.1) is 5.82 Å². The van der Waals surface area contributed by atoms with Gasteiger partial charge in [-0.3, -0.25) is 14.2 Å². The van der Waals surface area contributed by atoms with Crippen LogP contribution < -0.4 is 10.6 Å². The molecule has 10 heteroatoms. The van der Waals surface area contributed by atoms with Crippen LogP contribution in [-0.2, 0) is 16.1 Å². The average Bonchev–Trinajstić information content (AvgIpc) is 3.49. The molecule has 0 aliphatic rings. The van der Waals surface area contributed by atoms with Gasteiger partial charge in [0.25, 0.3) is 0 Å². The number of furan rings is 1. The van der Waals surface area contributed by atoms with E-state index < -0.39 is 11.7 Å². The third kappa shape index (κ3) is 6.07. The van der Waals surface area contributed by atoms with Gasteiger partial charge in [-0.05, 0) is 42.0 Å². The summed E-state index contributed by atoms with van der Waals surface area (Å²) in [7, 11) is 0. The van der Waals surface area contributed by atoms with Crippen molar-refractivity contribution >= 4 is 29.3 Å². The van der Waals surface area contributed by atoms with Crippen molar-refractivity contribution < 1.29 is 18.4 Å². The zero-order chi connectivity index (χ0) is 23.0. The summed E-state index contributed by atoms with van der Waals surface area (Å²) in [5.74, 6) is 0.0520. The van der Waals surface area contributed by atoms with Crippen LogP contribution in [0.5, 0.6) is 0 Å². The lowest BCUT2D eigenvalue weighted by Crippen LogP contribution is -2.33. The molecule has 0 bridgehead atoms. The number of amides is 2. The number of carbonyl (C=O) groups is 2. The Morgan fingerprint density at radius 2 is 1.76 bits per heavy atom. The summed E-state index contributed by atoms with van der Waals surface area (Å²) in [5, 5.41) is 14.2. The SMILES string of the molecule is O=C(CSc1nnc(-c2ccco2)n1Cc1ccccc1)NCC(=O)Nc1ccc(F)cc1. The predicted molar refractivity (Wildman–Crippen MR) is 122 cm³/mol. The van der Waals surface area contributed by atoms with Gasteiger partial charge in [-0.1, -0.05) is 42.1 Å². The molecule has 2 amide bonds. The highest BCUT2D eigenvalue weighted by Gasteiger charge is 2.18. The molecule has 33 heavy (non-hydrogen) atoms. The first kappa shape index (κ1) is 22.3. The zero-order valence-electron chi connectivity index (χ0n) is 17.4. The number of carbonyl (C=O) groups excluding carboxylic acids is 2. The van der Waals surface area contributed by atoms with Crippen molar-refractivity contribution in [3.8, 4) is 11.6 Å². The first-order valence-electron chi connectivity index (χ1n) is 10.0. The van der Waals surface area contributed by atoms with E-state index in [0.29, 0.717) is 29.0 Å². The molecular formula is C23H20FN5O3S. The van der Waals surface area contributed by atoms with Gasteiger partial charge < -0.3 is 15.1 Å². The van der Waals surface area contributed by atoms with Gasteiger partial charge in [0.15, 0.2) is 10.9 Å². The first-order chi connectivity index (χ1) is 16.1. The molecular weight excluding hydrogens is 445 g/mol. The summed E-state index contributed by atoms with van der Waals surface area (Å²) >= 11 is 1.21. The molecule has 2 heterocycles. The molecule has 0 unspecified atom stereocenters. The van der Waals surface area contributed by atoms with Gasteiger partial charge in [-0.15, -0.1) is 10.2 Å². The van der Waals surface area contributed by atoms with E-state index in [1.54, 1.807) is 18.4 Å². The lowest BCUT2D eigenvalue weighted by Gasteiger charge is -2.10. The van der Waals surface area contributed by atoms with Gasteiger partial charge in [0.05, 0.1) is 25.1 Å². The molecule has 4 rings (SSSR count). The van der Waals surface area contributed by atoms with Gasteiger partial charge in [0, 0.05) is 5.69 Å². The molecule has 0 saturated heterocycles. The van der Waals surface area contributed by atoms with Crippen molar-refractivity contribution in [1.82, 2.24) is 20.1 Å². The number of rotatable bonds is 9. The number of aromatic nitrogens is 3. The molecule has 0 saturated carbocycles. The largest absolute Gasteiger partial charge is 0.461 e. The van der Waals surface area contributed by atoms with Crippen molar-refractivity contribution in [2.45, 2.75) is 11.7 Å². The minimum absolute atomic E-state index is 0.0505. The van der Waals surface area contributed by atoms with E-state index in [0.717, 1.165) is 5.56 Å². The summed E-state index contributed by atoms with van der Waals surface area (Å²) in [4.78, 5) is 24.3. The summed E-state index contributed by atoms with van der Waals surface area (Å²) in [6.07, 6.45) is 1.56. The van der Waals surface area contributed by atoms with Crippen molar-refractivity contribution in [3.63, 3.8) is 0 Å². The third-order valence-electron chi connectivity index (χ3n) is 4.55. The van der Waals surface area contributed by atoms with Crippen molar-refractivity contribution in [2.75, 3.05) is 17.6 Å². The number of nitrogens with zero attached hydrogens (tertiary/aromatic N) is 3. The molecule has 0 atom stereocenters. The second-order valence-electron chi connectivity index (χ2n) is 6.98. The van der Waals surface area contributed by atoms with Crippen LogP contribution in [0.15, 0.2) is 82.6 Å². The topological polar surface area (TPSA) is 102 Å². The van der Waals surface area contributed by atoms with E-state index in [1.165, 1.54) is 36.0 Å². The molecule has 0 aliphatic carbocycles. The number of anilines is 1.